The van der Waals surface area contributed by atoms with Gasteiger partial charge in [-0.05, 0) is 84.6 Å². The number of alkyl carbamates (subject to hydrolysis) is 2. The van der Waals surface area contributed by atoms with Gasteiger partial charge in [-0.3, -0.25) is 19.9 Å². The van der Waals surface area contributed by atoms with Crippen LogP contribution in [0.2, 0.25) is 0 Å². The van der Waals surface area contributed by atoms with Gasteiger partial charge in [0.2, 0.25) is 11.8 Å². The summed E-state index contributed by atoms with van der Waals surface area (Å²) in [6.45, 7) is 13.2. The topological polar surface area (TPSA) is 170 Å². The summed E-state index contributed by atoms with van der Waals surface area (Å²) in [5, 5.41) is 9.02. The molecule has 3 aromatic rings. The standard InChI is InChI=1S/C49H62N8O6/c1-27(2)41(54-47(60)62-7)45(58)56-25-29(5)21-38(56)43-50-23-36(52-43)32-13-11-31(12-14-32)33-15-16-34(35-17-20-49(40(33)35)18-9-10-19-49)37-24-51-44(53-37)39-22-30(6)26-57(39)46(59)42(28(3)4)55-48(61)63-8/h11-16,21-22,24,27-28,38-39,41-43,50H,9-10,17-20,23,25-26H2,1-8H3,(H,51,53)(H,54,60)(H,55,61). The number of H-pyrrole nitrogens is 1. The Morgan fingerprint density at radius 2 is 1.37 bits per heavy atom. The highest BCUT2D eigenvalue weighted by Gasteiger charge is 2.45. The Bertz CT molecular complexity index is 2360. The lowest BCUT2D eigenvalue weighted by atomic mass is 9.76. The summed E-state index contributed by atoms with van der Waals surface area (Å²) in [6.07, 6.45) is 11.4. The zero-order valence-electron chi connectivity index (χ0n) is 37.8. The first-order valence-electron chi connectivity index (χ1n) is 22.5. The SMILES string of the molecule is COC(=O)NC(C(=O)N1CC(C)=CC1c1ncc(-c2ccc(-c3ccc(C4=NC(C5C=C(C)CN5C(=O)C(NC(=O)OC)C(C)C)NC4)cc3)c3c2CCC32CCCC2)[nH]1)C(C)C. The number of nitrogens with zero attached hydrogens (tertiary/aromatic N) is 4. The Hall–Kier alpha value is -5.76. The largest absolute Gasteiger partial charge is 0.453 e. The Morgan fingerprint density at radius 1 is 0.778 bits per heavy atom. The normalized spacial score (nSPS) is 22.3. The fraction of sp³-hybridized carbons (Fsp3) is 0.510. The van der Waals surface area contributed by atoms with Crippen molar-refractivity contribution in [2.75, 3.05) is 33.9 Å². The molecule has 14 nitrogen and oxygen atoms in total. The second-order valence-electron chi connectivity index (χ2n) is 18.8. The number of carbonyl (C=O) groups excluding carboxylic acids is 4. The van der Waals surface area contributed by atoms with Crippen LogP contribution in [0.25, 0.3) is 22.4 Å². The summed E-state index contributed by atoms with van der Waals surface area (Å²) < 4.78 is 9.65. The molecule has 5 aliphatic rings. The number of hydrogen-bond acceptors (Lipinski definition) is 9. The Balaban J connectivity index is 1.05. The van der Waals surface area contributed by atoms with Crippen molar-refractivity contribution in [1.82, 2.24) is 35.7 Å². The van der Waals surface area contributed by atoms with Gasteiger partial charge in [0.05, 0.1) is 37.9 Å². The van der Waals surface area contributed by atoms with Crippen LogP contribution in [0.1, 0.15) is 102 Å². The monoisotopic (exact) mass is 858 g/mol. The number of rotatable bonds is 11. The van der Waals surface area contributed by atoms with Crippen LogP contribution in [0.4, 0.5) is 9.59 Å². The second-order valence-corrected chi connectivity index (χ2v) is 18.8. The fourth-order valence-corrected chi connectivity index (χ4v) is 10.6. The average Bonchev–Trinajstić information content (AvgIpc) is 4.14. The molecule has 4 N–H and O–H groups in total. The van der Waals surface area contributed by atoms with Crippen molar-refractivity contribution >= 4 is 29.7 Å². The summed E-state index contributed by atoms with van der Waals surface area (Å²) in [5.41, 5.74) is 11.6. The van der Waals surface area contributed by atoms with E-state index in [1.165, 1.54) is 62.2 Å². The molecule has 4 heterocycles. The van der Waals surface area contributed by atoms with Gasteiger partial charge in [0.1, 0.15) is 30.1 Å². The molecule has 1 fully saturated rings. The molecular formula is C49H62N8O6. The summed E-state index contributed by atoms with van der Waals surface area (Å²) in [7, 11) is 2.60. The number of aromatic nitrogens is 2. The maximum Gasteiger partial charge on any atom is 0.407 e. The Morgan fingerprint density at radius 3 is 2.00 bits per heavy atom. The van der Waals surface area contributed by atoms with Gasteiger partial charge in [0.15, 0.2) is 0 Å². The highest BCUT2D eigenvalue weighted by Crippen LogP contribution is 2.55. The minimum Gasteiger partial charge on any atom is -0.453 e. The lowest BCUT2D eigenvalue weighted by Gasteiger charge is -2.32. The molecular weight excluding hydrogens is 797 g/mol. The molecule has 3 aliphatic heterocycles. The molecule has 1 spiro atoms. The minimum atomic E-state index is -0.732. The van der Waals surface area contributed by atoms with Crippen molar-refractivity contribution in [3.05, 3.63) is 88.4 Å². The number of amides is 4. The average molecular weight is 859 g/mol. The molecule has 63 heavy (non-hydrogen) atoms. The van der Waals surface area contributed by atoms with Crippen molar-refractivity contribution in [3.8, 4) is 22.4 Å². The van der Waals surface area contributed by atoms with Gasteiger partial charge in [0, 0.05) is 25.2 Å². The molecule has 1 aromatic heterocycles. The third kappa shape index (κ3) is 8.41. The van der Waals surface area contributed by atoms with Crippen molar-refractivity contribution < 1.29 is 28.7 Å². The van der Waals surface area contributed by atoms with E-state index in [2.05, 4.69) is 69.5 Å². The first-order chi connectivity index (χ1) is 30.2. The van der Waals surface area contributed by atoms with E-state index in [0.29, 0.717) is 25.5 Å². The number of methoxy groups -OCH3 is 2. The number of hydrogen-bond donors (Lipinski definition) is 4. The summed E-state index contributed by atoms with van der Waals surface area (Å²) in [5.74, 6) is 0.109. The van der Waals surface area contributed by atoms with E-state index in [-0.39, 0.29) is 47.3 Å². The molecule has 334 valence electrons. The van der Waals surface area contributed by atoms with E-state index in [0.717, 1.165) is 46.5 Å². The molecule has 2 aromatic carbocycles. The molecule has 8 rings (SSSR count). The van der Waals surface area contributed by atoms with Crippen molar-refractivity contribution in [1.29, 1.82) is 0 Å². The molecule has 0 radical (unpaired) electrons. The Labute approximate surface area is 370 Å². The lowest BCUT2D eigenvalue weighted by Crippen LogP contribution is -2.55. The summed E-state index contributed by atoms with van der Waals surface area (Å²) in [4.78, 5) is 69.3. The van der Waals surface area contributed by atoms with Gasteiger partial charge in [-0.2, -0.15) is 0 Å². The molecule has 1 saturated carbocycles. The van der Waals surface area contributed by atoms with Crippen molar-refractivity contribution in [2.24, 2.45) is 16.8 Å². The number of imidazole rings is 1. The van der Waals surface area contributed by atoms with E-state index < -0.39 is 24.3 Å². The zero-order chi connectivity index (χ0) is 44.7. The molecule has 5 unspecified atom stereocenters. The van der Waals surface area contributed by atoms with Crippen LogP contribution >= 0.6 is 0 Å². The smallest absolute Gasteiger partial charge is 0.407 e. The van der Waals surface area contributed by atoms with Crippen LogP contribution in [0.5, 0.6) is 0 Å². The highest BCUT2D eigenvalue weighted by atomic mass is 16.5. The highest BCUT2D eigenvalue weighted by molar-refractivity contribution is 6.03. The van der Waals surface area contributed by atoms with E-state index in [4.69, 9.17) is 19.5 Å². The number of aromatic amines is 1. The number of aliphatic imine (C=N–C) groups is 1. The Kier molecular flexibility index (Phi) is 12.4. The molecule has 0 bridgehead atoms. The third-order valence-electron chi connectivity index (χ3n) is 13.8. The van der Waals surface area contributed by atoms with E-state index in [1.807, 2.05) is 52.6 Å². The van der Waals surface area contributed by atoms with Crippen LogP contribution in [0, 0.1) is 11.8 Å². The molecule has 5 atom stereocenters. The number of nitrogens with one attached hydrogen (secondary N) is 4. The van der Waals surface area contributed by atoms with Crippen LogP contribution in [-0.2, 0) is 30.9 Å². The number of fused-ring (bicyclic) bond motifs is 2. The van der Waals surface area contributed by atoms with Crippen LogP contribution in [-0.4, -0.2) is 108 Å². The molecule has 4 amide bonds. The summed E-state index contributed by atoms with van der Waals surface area (Å²) >= 11 is 0. The minimum absolute atomic E-state index is 0.122. The van der Waals surface area contributed by atoms with Crippen LogP contribution < -0.4 is 16.0 Å². The van der Waals surface area contributed by atoms with E-state index in [1.54, 1.807) is 4.90 Å². The van der Waals surface area contributed by atoms with E-state index in [9.17, 15) is 19.2 Å². The molecule has 2 aliphatic carbocycles. The predicted molar refractivity (Wildman–Crippen MR) is 242 cm³/mol. The summed E-state index contributed by atoms with van der Waals surface area (Å²) in [6, 6.07) is 11.2. The third-order valence-corrected chi connectivity index (χ3v) is 13.8. The first kappa shape index (κ1) is 43.9. The van der Waals surface area contributed by atoms with E-state index >= 15 is 0 Å². The number of carbonyl (C=O) groups is 4. The van der Waals surface area contributed by atoms with Gasteiger partial charge in [0.25, 0.3) is 0 Å². The van der Waals surface area contributed by atoms with Gasteiger partial charge in [-0.25, -0.2) is 14.6 Å². The van der Waals surface area contributed by atoms with Crippen LogP contribution in [0.3, 0.4) is 0 Å². The number of ether oxygens (including phenoxy) is 2. The zero-order valence-corrected chi connectivity index (χ0v) is 37.8. The molecule has 14 heteroatoms. The van der Waals surface area contributed by atoms with Crippen molar-refractivity contribution in [3.63, 3.8) is 0 Å². The number of benzene rings is 2. The lowest BCUT2D eigenvalue weighted by molar-refractivity contribution is -0.136. The maximum absolute atomic E-state index is 13.9. The first-order valence-corrected chi connectivity index (χ1v) is 22.5. The molecule has 0 saturated heterocycles. The van der Waals surface area contributed by atoms with Gasteiger partial charge in [-0.15, -0.1) is 0 Å². The van der Waals surface area contributed by atoms with Crippen LogP contribution in [0.15, 0.2) is 70.9 Å². The maximum atomic E-state index is 13.9. The van der Waals surface area contributed by atoms with Crippen molar-refractivity contribution in [2.45, 2.75) is 116 Å². The van der Waals surface area contributed by atoms with Gasteiger partial charge in [-0.1, -0.05) is 100 Å². The quantitative estimate of drug-likeness (QED) is 0.150. The van der Waals surface area contributed by atoms with Gasteiger partial charge < -0.3 is 34.9 Å². The fourth-order valence-electron chi connectivity index (χ4n) is 10.6. The van der Waals surface area contributed by atoms with Gasteiger partial charge >= 0.3 is 12.2 Å². The second kappa shape index (κ2) is 17.8. The predicted octanol–water partition coefficient (Wildman–Crippen LogP) is 6.97.